The highest BCUT2D eigenvalue weighted by atomic mass is 16.2. The van der Waals surface area contributed by atoms with Gasteiger partial charge in [-0.15, -0.1) is 0 Å². The minimum absolute atomic E-state index is 0.0361. The molecule has 0 aromatic heterocycles. The summed E-state index contributed by atoms with van der Waals surface area (Å²) in [5.74, 6) is 1.58. The van der Waals surface area contributed by atoms with Crippen LogP contribution in [0.3, 0.4) is 0 Å². The molecule has 2 N–H and O–H groups in total. The minimum Gasteiger partial charge on any atom is -0.355 e. The van der Waals surface area contributed by atoms with E-state index in [0.717, 1.165) is 32.4 Å². The van der Waals surface area contributed by atoms with E-state index in [9.17, 15) is 4.79 Å². The molecule has 1 fully saturated rings. The van der Waals surface area contributed by atoms with Gasteiger partial charge in [0.25, 0.3) is 0 Å². The van der Waals surface area contributed by atoms with Crippen molar-refractivity contribution in [1.82, 2.24) is 10.6 Å². The van der Waals surface area contributed by atoms with E-state index in [-0.39, 0.29) is 11.9 Å². The van der Waals surface area contributed by atoms with E-state index in [2.05, 4.69) is 30.6 Å². The molecular weight excluding hydrogens is 224 g/mol. The number of allylic oxidation sites excluding steroid dienone is 2. The lowest BCUT2D eigenvalue weighted by Gasteiger charge is -2.27. The number of hydrogen-bond donors (Lipinski definition) is 2. The molecule has 0 radical (unpaired) electrons. The molecule has 0 saturated carbocycles. The predicted molar refractivity (Wildman–Crippen MR) is 74.3 cm³/mol. The van der Waals surface area contributed by atoms with Crippen molar-refractivity contribution in [3.05, 3.63) is 11.6 Å². The highest BCUT2D eigenvalue weighted by Gasteiger charge is 2.23. The van der Waals surface area contributed by atoms with E-state index >= 15 is 0 Å². The van der Waals surface area contributed by atoms with E-state index in [4.69, 9.17) is 0 Å². The van der Waals surface area contributed by atoms with E-state index in [1.54, 1.807) is 0 Å². The van der Waals surface area contributed by atoms with Crippen LogP contribution < -0.4 is 10.6 Å². The standard InChI is InChI=1S/C15H26N2O/c1-11-7-12(2)9-13(8-11)10-17-14-5-3-4-6-16-15(14)18/h7,11,13-14,17H,3-6,8-10H2,1-2H3,(H,16,18). The third kappa shape index (κ3) is 3.84. The second-order valence-corrected chi connectivity index (χ2v) is 6.04. The topological polar surface area (TPSA) is 41.1 Å². The number of hydrogen-bond acceptors (Lipinski definition) is 2. The Labute approximate surface area is 110 Å². The lowest BCUT2D eigenvalue weighted by molar-refractivity contribution is -0.122. The normalized spacial score (nSPS) is 33.6. The number of rotatable bonds is 3. The van der Waals surface area contributed by atoms with Crippen LogP contribution in [0.5, 0.6) is 0 Å². The third-order valence-corrected chi connectivity index (χ3v) is 4.07. The van der Waals surface area contributed by atoms with Gasteiger partial charge in [0.1, 0.15) is 0 Å². The Morgan fingerprint density at radius 3 is 3.06 bits per heavy atom. The summed E-state index contributed by atoms with van der Waals surface area (Å²) in [7, 11) is 0. The van der Waals surface area contributed by atoms with Gasteiger partial charge in [-0.1, -0.05) is 18.6 Å². The van der Waals surface area contributed by atoms with Crippen LogP contribution in [0.25, 0.3) is 0 Å². The van der Waals surface area contributed by atoms with E-state index in [1.807, 2.05) is 0 Å². The van der Waals surface area contributed by atoms with Gasteiger partial charge in [-0.3, -0.25) is 4.79 Å². The van der Waals surface area contributed by atoms with Gasteiger partial charge < -0.3 is 10.6 Å². The second-order valence-electron chi connectivity index (χ2n) is 6.04. The Morgan fingerprint density at radius 1 is 1.44 bits per heavy atom. The Hall–Kier alpha value is -0.830. The first kappa shape index (κ1) is 13.6. The summed E-state index contributed by atoms with van der Waals surface area (Å²) in [6.45, 7) is 6.34. The SMILES string of the molecule is CC1=CC(C)CC(CNC2CCCCNC2=O)C1. The maximum atomic E-state index is 11.8. The summed E-state index contributed by atoms with van der Waals surface area (Å²) in [5.41, 5.74) is 1.51. The van der Waals surface area contributed by atoms with Gasteiger partial charge in [-0.05, 0) is 57.4 Å². The highest BCUT2D eigenvalue weighted by molar-refractivity contribution is 5.81. The van der Waals surface area contributed by atoms with Crippen LogP contribution in [0.15, 0.2) is 11.6 Å². The average Bonchev–Trinajstić information content (AvgIpc) is 2.50. The molecule has 1 aliphatic heterocycles. The van der Waals surface area contributed by atoms with Crippen molar-refractivity contribution in [3.8, 4) is 0 Å². The first-order chi connectivity index (χ1) is 8.65. The van der Waals surface area contributed by atoms with Crippen LogP contribution in [-0.2, 0) is 4.79 Å². The molecule has 1 saturated heterocycles. The molecular formula is C15H26N2O. The first-order valence-corrected chi connectivity index (χ1v) is 7.33. The summed E-state index contributed by atoms with van der Waals surface area (Å²) < 4.78 is 0. The van der Waals surface area contributed by atoms with Crippen molar-refractivity contribution in [3.63, 3.8) is 0 Å². The predicted octanol–water partition coefficient (Wildman–Crippen LogP) is 2.24. The van der Waals surface area contributed by atoms with E-state index in [1.165, 1.54) is 18.4 Å². The van der Waals surface area contributed by atoms with Crippen LogP contribution >= 0.6 is 0 Å². The van der Waals surface area contributed by atoms with Gasteiger partial charge in [0, 0.05) is 6.54 Å². The summed E-state index contributed by atoms with van der Waals surface area (Å²) in [5, 5.41) is 6.47. The fraction of sp³-hybridized carbons (Fsp3) is 0.800. The van der Waals surface area contributed by atoms with Gasteiger partial charge in [0.2, 0.25) is 5.91 Å². The number of nitrogens with one attached hydrogen (secondary N) is 2. The van der Waals surface area contributed by atoms with Crippen molar-refractivity contribution in [2.24, 2.45) is 11.8 Å². The molecule has 18 heavy (non-hydrogen) atoms. The Kier molecular flexibility index (Phi) is 4.81. The molecule has 3 unspecified atom stereocenters. The van der Waals surface area contributed by atoms with Crippen LogP contribution in [-0.4, -0.2) is 25.0 Å². The van der Waals surface area contributed by atoms with Crippen molar-refractivity contribution in [2.75, 3.05) is 13.1 Å². The molecule has 102 valence electrons. The maximum absolute atomic E-state index is 11.8. The zero-order chi connectivity index (χ0) is 13.0. The molecule has 0 bridgehead atoms. The smallest absolute Gasteiger partial charge is 0.237 e. The molecule has 0 spiro atoms. The van der Waals surface area contributed by atoms with Crippen molar-refractivity contribution in [1.29, 1.82) is 0 Å². The number of amides is 1. The summed E-state index contributed by atoms with van der Waals surface area (Å²) in [6, 6.07) is 0.0361. The Bertz CT molecular complexity index is 324. The molecule has 0 aromatic carbocycles. The minimum atomic E-state index is 0.0361. The first-order valence-electron chi connectivity index (χ1n) is 7.33. The van der Waals surface area contributed by atoms with Crippen LogP contribution in [0.4, 0.5) is 0 Å². The Morgan fingerprint density at radius 2 is 2.28 bits per heavy atom. The molecule has 2 aliphatic rings. The summed E-state index contributed by atoms with van der Waals surface area (Å²) in [4.78, 5) is 11.8. The van der Waals surface area contributed by atoms with Gasteiger partial charge in [0.05, 0.1) is 6.04 Å². The van der Waals surface area contributed by atoms with E-state index < -0.39 is 0 Å². The lowest BCUT2D eigenvalue weighted by atomic mass is 9.83. The molecule has 1 heterocycles. The van der Waals surface area contributed by atoms with E-state index in [0.29, 0.717) is 11.8 Å². The largest absolute Gasteiger partial charge is 0.355 e. The molecule has 3 atom stereocenters. The monoisotopic (exact) mass is 250 g/mol. The molecule has 3 nitrogen and oxygen atoms in total. The number of carbonyl (C=O) groups excluding carboxylic acids is 1. The Balaban J connectivity index is 1.80. The number of carbonyl (C=O) groups is 1. The fourth-order valence-corrected chi connectivity index (χ4v) is 3.28. The van der Waals surface area contributed by atoms with Crippen LogP contribution in [0.1, 0.15) is 46.0 Å². The van der Waals surface area contributed by atoms with Crippen LogP contribution in [0.2, 0.25) is 0 Å². The molecule has 3 heteroatoms. The average molecular weight is 250 g/mol. The zero-order valence-electron chi connectivity index (χ0n) is 11.7. The molecule has 1 amide bonds. The summed E-state index contributed by atoms with van der Waals surface area (Å²) in [6.07, 6.45) is 8.07. The van der Waals surface area contributed by atoms with Gasteiger partial charge in [-0.25, -0.2) is 0 Å². The van der Waals surface area contributed by atoms with Crippen molar-refractivity contribution in [2.45, 2.75) is 52.0 Å². The quantitative estimate of drug-likeness (QED) is 0.754. The molecule has 2 rings (SSSR count). The fourth-order valence-electron chi connectivity index (χ4n) is 3.28. The van der Waals surface area contributed by atoms with Crippen molar-refractivity contribution >= 4 is 5.91 Å². The molecule has 0 aromatic rings. The van der Waals surface area contributed by atoms with Crippen molar-refractivity contribution < 1.29 is 4.79 Å². The lowest BCUT2D eigenvalue weighted by Crippen LogP contribution is -2.44. The van der Waals surface area contributed by atoms with Gasteiger partial charge in [-0.2, -0.15) is 0 Å². The maximum Gasteiger partial charge on any atom is 0.237 e. The highest BCUT2D eigenvalue weighted by Crippen LogP contribution is 2.27. The zero-order valence-corrected chi connectivity index (χ0v) is 11.7. The van der Waals surface area contributed by atoms with Gasteiger partial charge in [0.15, 0.2) is 0 Å². The third-order valence-electron chi connectivity index (χ3n) is 4.07. The van der Waals surface area contributed by atoms with Crippen LogP contribution in [0, 0.1) is 11.8 Å². The second kappa shape index (κ2) is 6.37. The molecule has 1 aliphatic carbocycles. The summed E-state index contributed by atoms with van der Waals surface area (Å²) >= 11 is 0. The van der Waals surface area contributed by atoms with Gasteiger partial charge >= 0.3 is 0 Å².